The maximum absolute atomic E-state index is 6.19. The molecule has 0 spiro atoms. The molecular formula is C15H21ClN2. The maximum Gasteiger partial charge on any atom is 0.0295 e. The van der Waals surface area contributed by atoms with Crippen molar-refractivity contribution in [1.29, 1.82) is 0 Å². The van der Waals surface area contributed by atoms with E-state index in [4.69, 9.17) is 11.5 Å². The average molecular weight is 265 g/mol. The highest BCUT2D eigenvalue weighted by Gasteiger charge is 2.05. The van der Waals surface area contributed by atoms with Gasteiger partial charge >= 0.3 is 0 Å². The van der Waals surface area contributed by atoms with E-state index in [1.54, 1.807) is 0 Å². The van der Waals surface area contributed by atoms with Crippen LogP contribution in [0.25, 0.3) is 10.8 Å². The third-order valence-corrected chi connectivity index (χ3v) is 3.17. The largest absolute Gasteiger partial charge is 0.330 e. The van der Waals surface area contributed by atoms with Crippen molar-refractivity contribution in [3.8, 4) is 0 Å². The molecule has 0 saturated heterocycles. The predicted octanol–water partition coefficient (Wildman–Crippen LogP) is 3.39. The second kappa shape index (κ2) is 7.37. The molecule has 18 heavy (non-hydrogen) atoms. The molecule has 0 aliphatic heterocycles. The fourth-order valence-electron chi connectivity index (χ4n) is 2.11. The van der Waals surface area contributed by atoms with Crippen LogP contribution in [0.3, 0.4) is 0 Å². The molecule has 2 rings (SSSR count). The lowest BCUT2D eigenvalue weighted by molar-refractivity contribution is 0.591. The first-order valence-corrected chi connectivity index (χ1v) is 6.25. The van der Waals surface area contributed by atoms with Crippen molar-refractivity contribution >= 4 is 23.2 Å². The van der Waals surface area contributed by atoms with Gasteiger partial charge in [-0.15, -0.1) is 12.4 Å². The Balaban J connectivity index is 0.00000162. The summed E-state index contributed by atoms with van der Waals surface area (Å²) in [5.41, 5.74) is 12.9. The van der Waals surface area contributed by atoms with Gasteiger partial charge in [-0.3, -0.25) is 0 Å². The highest BCUT2D eigenvalue weighted by molar-refractivity contribution is 5.85. The lowest BCUT2D eigenvalue weighted by Crippen LogP contribution is -2.11. The van der Waals surface area contributed by atoms with E-state index in [9.17, 15) is 0 Å². The van der Waals surface area contributed by atoms with Gasteiger partial charge in [-0.05, 0) is 41.8 Å². The standard InChI is InChI=1S/C15H20N2.ClH/c16-10-4-3-7-15(17)14-9-8-12-5-1-2-6-13(12)11-14;/h1-2,5-6,8-9,11,15H,3-4,7,10,16-17H2;1H/t15-;/m0./s1. The molecule has 0 aliphatic carbocycles. The predicted molar refractivity (Wildman–Crippen MR) is 81.0 cm³/mol. The summed E-state index contributed by atoms with van der Waals surface area (Å²) in [5, 5.41) is 2.53. The van der Waals surface area contributed by atoms with E-state index < -0.39 is 0 Å². The monoisotopic (exact) mass is 264 g/mol. The number of hydrogen-bond acceptors (Lipinski definition) is 2. The van der Waals surface area contributed by atoms with Crippen LogP contribution in [0.4, 0.5) is 0 Å². The highest BCUT2D eigenvalue weighted by Crippen LogP contribution is 2.22. The van der Waals surface area contributed by atoms with Gasteiger partial charge < -0.3 is 11.5 Å². The van der Waals surface area contributed by atoms with Crippen LogP contribution in [0.2, 0.25) is 0 Å². The first-order chi connectivity index (χ1) is 8.31. The van der Waals surface area contributed by atoms with Gasteiger partial charge in [0.1, 0.15) is 0 Å². The Bertz CT molecular complexity index is 485. The molecule has 4 N–H and O–H groups in total. The number of halogens is 1. The zero-order valence-electron chi connectivity index (χ0n) is 10.5. The van der Waals surface area contributed by atoms with Crippen LogP contribution < -0.4 is 11.5 Å². The Kier molecular flexibility index (Phi) is 6.13. The van der Waals surface area contributed by atoms with Gasteiger partial charge in [0.05, 0.1) is 0 Å². The van der Waals surface area contributed by atoms with Gasteiger partial charge in [-0.1, -0.05) is 42.8 Å². The molecule has 0 fully saturated rings. The molecule has 98 valence electrons. The van der Waals surface area contributed by atoms with Gasteiger partial charge in [-0.25, -0.2) is 0 Å². The van der Waals surface area contributed by atoms with Crippen LogP contribution in [0, 0.1) is 0 Å². The molecule has 0 aliphatic rings. The van der Waals surface area contributed by atoms with Gasteiger partial charge in [0.2, 0.25) is 0 Å². The first kappa shape index (κ1) is 15.0. The van der Waals surface area contributed by atoms with Crippen LogP contribution in [0.5, 0.6) is 0 Å². The quantitative estimate of drug-likeness (QED) is 0.814. The van der Waals surface area contributed by atoms with E-state index in [2.05, 4.69) is 42.5 Å². The summed E-state index contributed by atoms with van der Waals surface area (Å²) >= 11 is 0. The molecule has 0 amide bonds. The Morgan fingerprint density at radius 2 is 1.67 bits per heavy atom. The van der Waals surface area contributed by atoms with Gasteiger partial charge in [-0.2, -0.15) is 0 Å². The second-order valence-electron chi connectivity index (χ2n) is 4.50. The summed E-state index contributed by atoms with van der Waals surface area (Å²) in [7, 11) is 0. The molecule has 0 heterocycles. The SMILES string of the molecule is Cl.NCCCC[C@H](N)c1ccc2ccccc2c1. The topological polar surface area (TPSA) is 52.0 Å². The highest BCUT2D eigenvalue weighted by atomic mass is 35.5. The molecule has 3 heteroatoms. The number of nitrogens with two attached hydrogens (primary N) is 2. The summed E-state index contributed by atoms with van der Waals surface area (Å²) < 4.78 is 0. The van der Waals surface area contributed by atoms with E-state index >= 15 is 0 Å². The number of benzene rings is 2. The summed E-state index contributed by atoms with van der Waals surface area (Å²) in [5.74, 6) is 0. The fourth-order valence-corrected chi connectivity index (χ4v) is 2.11. The number of fused-ring (bicyclic) bond motifs is 1. The Hall–Kier alpha value is -1.09. The molecule has 0 unspecified atom stereocenters. The van der Waals surface area contributed by atoms with Crippen molar-refractivity contribution in [2.24, 2.45) is 11.5 Å². The molecule has 1 atom stereocenters. The minimum absolute atomic E-state index is 0. The summed E-state index contributed by atoms with van der Waals surface area (Å²) in [6, 6.07) is 15.0. The third-order valence-electron chi connectivity index (χ3n) is 3.17. The summed E-state index contributed by atoms with van der Waals surface area (Å²) in [6.45, 7) is 0.754. The molecule has 2 aromatic rings. The molecule has 0 saturated carbocycles. The van der Waals surface area contributed by atoms with Crippen molar-refractivity contribution in [2.75, 3.05) is 6.54 Å². The molecule has 2 aromatic carbocycles. The van der Waals surface area contributed by atoms with E-state index in [1.165, 1.54) is 16.3 Å². The van der Waals surface area contributed by atoms with Gasteiger partial charge in [0.15, 0.2) is 0 Å². The van der Waals surface area contributed by atoms with Crippen molar-refractivity contribution in [2.45, 2.75) is 25.3 Å². The van der Waals surface area contributed by atoms with Crippen molar-refractivity contribution in [3.63, 3.8) is 0 Å². The van der Waals surface area contributed by atoms with E-state index in [0.717, 1.165) is 25.8 Å². The number of unbranched alkanes of at least 4 members (excludes halogenated alkanes) is 1. The van der Waals surface area contributed by atoms with E-state index in [1.807, 2.05) is 0 Å². The zero-order chi connectivity index (χ0) is 12.1. The maximum atomic E-state index is 6.19. The lowest BCUT2D eigenvalue weighted by Gasteiger charge is -2.12. The van der Waals surface area contributed by atoms with Crippen LogP contribution in [0.15, 0.2) is 42.5 Å². The van der Waals surface area contributed by atoms with Gasteiger partial charge in [0, 0.05) is 6.04 Å². The minimum atomic E-state index is 0. The van der Waals surface area contributed by atoms with Crippen molar-refractivity contribution in [3.05, 3.63) is 48.0 Å². The van der Waals surface area contributed by atoms with Crippen LogP contribution in [-0.4, -0.2) is 6.54 Å². The number of hydrogen-bond donors (Lipinski definition) is 2. The first-order valence-electron chi connectivity index (χ1n) is 6.25. The van der Waals surface area contributed by atoms with E-state index in [-0.39, 0.29) is 18.4 Å². The smallest absolute Gasteiger partial charge is 0.0295 e. The van der Waals surface area contributed by atoms with Crippen LogP contribution >= 0.6 is 12.4 Å². The van der Waals surface area contributed by atoms with Gasteiger partial charge in [0.25, 0.3) is 0 Å². The fraction of sp³-hybridized carbons (Fsp3) is 0.333. The molecule has 0 bridgehead atoms. The van der Waals surface area contributed by atoms with Crippen molar-refractivity contribution < 1.29 is 0 Å². The van der Waals surface area contributed by atoms with Crippen LogP contribution in [0.1, 0.15) is 30.9 Å². The Morgan fingerprint density at radius 1 is 0.944 bits per heavy atom. The average Bonchev–Trinajstić information content (AvgIpc) is 2.38. The Labute approximate surface area is 115 Å². The molecular weight excluding hydrogens is 244 g/mol. The normalized spacial score (nSPS) is 12.1. The van der Waals surface area contributed by atoms with Crippen LogP contribution in [-0.2, 0) is 0 Å². The van der Waals surface area contributed by atoms with E-state index in [0.29, 0.717) is 0 Å². The zero-order valence-corrected chi connectivity index (χ0v) is 11.3. The van der Waals surface area contributed by atoms with Crippen molar-refractivity contribution in [1.82, 2.24) is 0 Å². The summed E-state index contributed by atoms with van der Waals surface area (Å²) in [4.78, 5) is 0. The molecule has 2 nitrogen and oxygen atoms in total. The second-order valence-corrected chi connectivity index (χ2v) is 4.50. The Morgan fingerprint density at radius 3 is 2.39 bits per heavy atom. The number of rotatable bonds is 5. The molecule has 0 radical (unpaired) electrons. The lowest BCUT2D eigenvalue weighted by atomic mass is 9.99. The molecule has 0 aromatic heterocycles. The third kappa shape index (κ3) is 3.70. The summed E-state index contributed by atoms with van der Waals surface area (Å²) in [6.07, 6.45) is 3.17. The minimum Gasteiger partial charge on any atom is -0.330 e.